The molecule has 0 N–H and O–H groups in total. The summed E-state index contributed by atoms with van der Waals surface area (Å²) in [7, 11) is 0. The minimum atomic E-state index is -4.84. The van der Waals surface area contributed by atoms with Gasteiger partial charge in [-0.2, -0.15) is 17.6 Å². The molecule has 0 amide bonds. The van der Waals surface area contributed by atoms with E-state index in [1.165, 1.54) is 0 Å². The molecule has 0 atom stereocenters. The van der Waals surface area contributed by atoms with E-state index in [0.29, 0.717) is 0 Å². The van der Waals surface area contributed by atoms with Crippen molar-refractivity contribution in [1.82, 2.24) is 0 Å². The molecule has 0 radical (unpaired) electrons. The van der Waals surface area contributed by atoms with E-state index in [4.69, 9.17) is 5.26 Å². The zero-order chi connectivity index (χ0) is 9.12. The summed E-state index contributed by atoms with van der Waals surface area (Å²) in [5.41, 5.74) is 0. The van der Waals surface area contributed by atoms with Crippen LogP contribution in [0.25, 0.3) is 0 Å². The Labute approximate surface area is 58.5 Å². The third kappa shape index (κ3) is 2.26. The van der Waals surface area contributed by atoms with Gasteiger partial charge in [0, 0.05) is 0 Å². The lowest BCUT2D eigenvalue weighted by Crippen LogP contribution is -2.46. The predicted molar refractivity (Wildman–Crippen MR) is 21.8 cm³/mol. The van der Waals surface area contributed by atoms with Crippen LogP contribution in [0.3, 0.4) is 0 Å². The van der Waals surface area contributed by atoms with Crippen molar-refractivity contribution in [2.75, 3.05) is 13.3 Å². The molecule has 0 saturated carbocycles. The SMILES string of the molecule is [O-]OCC(F)(F)C(F)(F)CF. The van der Waals surface area contributed by atoms with Gasteiger partial charge in [-0.3, -0.25) is 0 Å². The molecule has 0 aromatic rings. The van der Waals surface area contributed by atoms with E-state index >= 15 is 0 Å². The Kier molecular flexibility index (Phi) is 3.18. The minimum absolute atomic E-state index is 2.04. The fraction of sp³-hybridized carbons (Fsp3) is 1.00. The number of halogens is 5. The fourth-order valence-corrected chi connectivity index (χ4v) is 0.277. The van der Waals surface area contributed by atoms with Gasteiger partial charge in [-0.05, 0) is 0 Å². The molecule has 0 saturated heterocycles. The van der Waals surface area contributed by atoms with Gasteiger partial charge in [0.1, 0.15) is 6.61 Å². The van der Waals surface area contributed by atoms with E-state index in [0.717, 1.165) is 0 Å². The van der Waals surface area contributed by atoms with Crippen molar-refractivity contribution >= 4 is 0 Å². The largest absolute Gasteiger partial charge is 0.723 e. The van der Waals surface area contributed by atoms with Gasteiger partial charge in [-0.1, -0.05) is 0 Å². The lowest BCUT2D eigenvalue weighted by molar-refractivity contribution is -0.696. The molecule has 11 heavy (non-hydrogen) atoms. The molecule has 0 aliphatic rings. The van der Waals surface area contributed by atoms with Crippen LogP contribution < -0.4 is 5.26 Å². The first kappa shape index (κ1) is 10.6. The van der Waals surface area contributed by atoms with Crippen molar-refractivity contribution in [3.8, 4) is 0 Å². The van der Waals surface area contributed by atoms with E-state index in [1.807, 2.05) is 0 Å². The molecule has 7 heteroatoms. The zero-order valence-electron chi connectivity index (χ0n) is 5.12. The summed E-state index contributed by atoms with van der Waals surface area (Å²) in [5, 5.41) is 9.07. The summed E-state index contributed by atoms with van der Waals surface area (Å²) < 4.78 is 58.5. The van der Waals surface area contributed by atoms with E-state index in [9.17, 15) is 22.0 Å². The van der Waals surface area contributed by atoms with Crippen LogP contribution in [0.4, 0.5) is 22.0 Å². The molecule has 0 spiro atoms. The standard InChI is InChI=1S/C4H5F5O2/c5-1-3(6,7)4(8,9)2-11-10/h10H,1-2H2/p-1. The van der Waals surface area contributed by atoms with Gasteiger partial charge in [0.05, 0.1) is 0 Å². The molecular formula is C4H4F5O2-. The lowest BCUT2D eigenvalue weighted by Gasteiger charge is -2.24. The molecule has 0 unspecified atom stereocenters. The Hall–Kier alpha value is -0.430. The van der Waals surface area contributed by atoms with Crippen molar-refractivity contribution in [1.29, 1.82) is 0 Å². The second-order valence-corrected chi connectivity index (χ2v) is 1.80. The molecule has 0 fully saturated rings. The third-order valence-electron chi connectivity index (χ3n) is 0.943. The molecular weight excluding hydrogens is 175 g/mol. The van der Waals surface area contributed by atoms with Crippen molar-refractivity contribution < 1.29 is 32.1 Å². The highest BCUT2D eigenvalue weighted by atomic mass is 19.3. The zero-order valence-corrected chi connectivity index (χ0v) is 5.12. The summed E-state index contributed by atoms with van der Waals surface area (Å²) in [5.74, 6) is -9.58. The smallest absolute Gasteiger partial charge is 0.340 e. The molecule has 0 bridgehead atoms. The van der Waals surface area contributed by atoms with Crippen LogP contribution in [0, 0.1) is 0 Å². The van der Waals surface area contributed by atoms with Crippen LogP contribution in [-0.2, 0) is 4.89 Å². The van der Waals surface area contributed by atoms with Crippen LogP contribution in [0.1, 0.15) is 0 Å². The second-order valence-electron chi connectivity index (χ2n) is 1.80. The Morgan fingerprint density at radius 2 is 1.55 bits per heavy atom. The maximum absolute atomic E-state index is 11.9. The first-order chi connectivity index (χ1) is 4.87. The Bertz CT molecular complexity index is 126. The maximum atomic E-state index is 11.9. The van der Waals surface area contributed by atoms with Crippen LogP contribution >= 0.6 is 0 Å². The van der Waals surface area contributed by atoms with Gasteiger partial charge in [0.25, 0.3) is 0 Å². The monoisotopic (exact) mass is 179 g/mol. The molecule has 0 heterocycles. The van der Waals surface area contributed by atoms with E-state index in [-0.39, 0.29) is 0 Å². The number of alkyl halides is 5. The highest BCUT2D eigenvalue weighted by molar-refractivity contribution is 4.83. The predicted octanol–water partition coefficient (Wildman–Crippen LogP) is 0.518. The summed E-state index contributed by atoms with van der Waals surface area (Å²) in [6.07, 6.45) is 0. The van der Waals surface area contributed by atoms with E-state index in [2.05, 4.69) is 4.89 Å². The fourth-order valence-electron chi connectivity index (χ4n) is 0.277. The van der Waals surface area contributed by atoms with Crippen LogP contribution in [0.15, 0.2) is 0 Å². The van der Waals surface area contributed by atoms with Gasteiger partial charge in [0.2, 0.25) is 0 Å². The molecule has 0 aliphatic carbocycles. The molecule has 2 nitrogen and oxygen atoms in total. The van der Waals surface area contributed by atoms with Crippen molar-refractivity contribution in [2.24, 2.45) is 0 Å². The van der Waals surface area contributed by atoms with Gasteiger partial charge in [-0.25, -0.2) is 4.39 Å². The average molecular weight is 179 g/mol. The summed E-state index contributed by atoms with van der Waals surface area (Å²) in [6, 6.07) is 0. The van der Waals surface area contributed by atoms with E-state index in [1.54, 1.807) is 0 Å². The quantitative estimate of drug-likeness (QED) is 0.358. The summed E-state index contributed by atoms with van der Waals surface area (Å²) in [6.45, 7) is -4.56. The average Bonchev–Trinajstić information content (AvgIpc) is 1.87. The first-order valence-corrected chi connectivity index (χ1v) is 2.44. The maximum Gasteiger partial charge on any atom is 0.340 e. The van der Waals surface area contributed by atoms with Gasteiger partial charge >= 0.3 is 11.8 Å². The third-order valence-corrected chi connectivity index (χ3v) is 0.943. The summed E-state index contributed by atoms with van der Waals surface area (Å²) in [4.78, 5) is 2.55. The highest BCUT2D eigenvalue weighted by Crippen LogP contribution is 2.34. The minimum Gasteiger partial charge on any atom is -0.723 e. The number of rotatable bonds is 4. The van der Waals surface area contributed by atoms with Gasteiger partial charge in [-0.15, -0.1) is 0 Å². The molecule has 0 rings (SSSR count). The van der Waals surface area contributed by atoms with Crippen molar-refractivity contribution in [3.63, 3.8) is 0 Å². The Morgan fingerprint density at radius 3 is 1.82 bits per heavy atom. The lowest BCUT2D eigenvalue weighted by atomic mass is 10.2. The molecule has 68 valence electrons. The molecule has 0 aliphatic heterocycles. The van der Waals surface area contributed by atoms with Crippen LogP contribution in [0.2, 0.25) is 0 Å². The normalized spacial score (nSPS) is 13.6. The first-order valence-electron chi connectivity index (χ1n) is 2.44. The second kappa shape index (κ2) is 3.31. The van der Waals surface area contributed by atoms with Crippen molar-refractivity contribution in [2.45, 2.75) is 11.8 Å². The highest BCUT2D eigenvalue weighted by Gasteiger charge is 2.56. The van der Waals surface area contributed by atoms with Crippen LogP contribution in [-0.4, -0.2) is 25.1 Å². The van der Waals surface area contributed by atoms with Crippen LogP contribution in [0.5, 0.6) is 0 Å². The van der Waals surface area contributed by atoms with Gasteiger partial charge < -0.3 is 10.1 Å². The topological polar surface area (TPSA) is 32.3 Å². The number of hydrogen-bond donors (Lipinski definition) is 0. The Balaban J connectivity index is 4.26. The molecule has 0 aromatic heterocycles. The summed E-state index contributed by atoms with van der Waals surface area (Å²) >= 11 is 0. The van der Waals surface area contributed by atoms with Gasteiger partial charge in [0.15, 0.2) is 6.67 Å². The van der Waals surface area contributed by atoms with Crippen molar-refractivity contribution in [3.05, 3.63) is 0 Å². The number of hydrogen-bond acceptors (Lipinski definition) is 2. The van der Waals surface area contributed by atoms with E-state index < -0.39 is 25.1 Å². The molecule has 0 aromatic carbocycles. The Morgan fingerprint density at radius 1 is 1.09 bits per heavy atom.